The molecule has 0 radical (unpaired) electrons. The molecule has 148 valence electrons. The van der Waals surface area contributed by atoms with Crippen LogP contribution in [0.2, 0.25) is 0 Å². The molecule has 7 nitrogen and oxygen atoms in total. The van der Waals surface area contributed by atoms with Crippen LogP contribution in [0.4, 0.5) is 5.69 Å². The summed E-state index contributed by atoms with van der Waals surface area (Å²) in [5, 5.41) is 16.2. The molecular formula is C19H15N3O4S3. The van der Waals surface area contributed by atoms with Gasteiger partial charge in [0.15, 0.2) is 10.9 Å². The zero-order valence-electron chi connectivity index (χ0n) is 15.2. The number of aromatic nitrogens is 2. The number of thioether (sulfide) groups is 1. The number of nitro groups is 1. The summed E-state index contributed by atoms with van der Waals surface area (Å²) < 4.78 is 7.10. The van der Waals surface area contributed by atoms with Crippen LogP contribution in [0.15, 0.2) is 57.1 Å². The third-order valence-electron chi connectivity index (χ3n) is 4.19. The number of nitrogens with zero attached hydrogens (tertiary/aromatic N) is 3. The lowest BCUT2D eigenvalue weighted by atomic mass is 10.2. The number of thiophene rings is 2. The number of rotatable bonds is 7. The average Bonchev–Trinajstić information content (AvgIpc) is 3.38. The van der Waals surface area contributed by atoms with E-state index in [4.69, 9.17) is 4.74 Å². The first kappa shape index (κ1) is 19.6. The molecule has 0 amide bonds. The van der Waals surface area contributed by atoms with Gasteiger partial charge in [-0.1, -0.05) is 30.0 Å². The smallest absolute Gasteiger partial charge is 0.310 e. The maximum absolute atomic E-state index is 12.9. The van der Waals surface area contributed by atoms with E-state index >= 15 is 0 Å². The van der Waals surface area contributed by atoms with Gasteiger partial charge in [0.1, 0.15) is 4.83 Å². The second kappa shape index (κ2) is 8.36. The molecule has 0 aliphatic heterocycles. The van der Waals surface area contributed by atoms with Crippen molar-refractivity contribution in [2.24, 2.45) is 7.05 Å². The number of benzene rings is 1. The van der Waals surface area contributed by atoms with E-state index < -0.39 is 4.92 Å². The van der Waals surface area contributed by atoms with Gasteiger partial charge < -0.3 is 4.74 Å². The minimum Gasteiger partial charge on any atom is -0.486 e. The van der Waals surface area contributed by atoms with Gasteiger partial charge in [0, 0.05) is 34.7 Å². The maximum atomic E-state index is 12.9. The van der Waals surface area contributed by atoms with Crippen molar-refractivity contribution in [2.75, 3.05) is 12.4 Å². The van der Waals surface area contributed by atoms with Crippen molar-refractivity contribution in [3.8, 4) is 16.2 Å². The van der Waals surface area contributed by atoms with Crippen LogP contribution in [0, 0.1) is 10.1 Å². The van der Waals surface area contributed by atoms with Crippen molar-refractivity contribution in [1.29, 1.82) is 0 Å². The molecule has 4 rings (SSSR count). The first-order chi connectivity index (χ1) is 14.1. The fraction of sp³-hybridized carbons (Fsp3) is 0.158. The van der Waals surface area contributed by atoms with Crippen LogP contribution in [0.5, 0.6) is 5.75 Å². The van der Waals surface area contributed by atoms with Gasteiger partial charge in [0.05, 0.1) is 16.9 Å². The quantitative estimate of drug-likeness (QED) is 0.133. The summed E-state index contributed by atoms with van der Waals surface area (Å²) in [4.78, 5) is 29.9. The summed E-state index contributed by atoms with van der Waals surface area (Å²) in [5.41, 5.74) is 0.773. The zero-order valence-corrected chi connectivity index (χ0v) is 17.7. The highest BCUT2D eigenvalue weighted by Crippen LogP contribution is 2.34. The number of hydrogen-bond donors (Lipinski definition) is 0. The number of hydrogen-bond acceptors (Lipinski definition) is 8. The van der Waals surface area contributed by atoms with Crippen molar-refractivity contribution < 1.29 is 9.66 Å². The summed E-state index contributed by atoms with van der Waals surface area (Å²) >= 11 is 4.43. The predicted octanol–water partition coefficient (Wildman–Crippen LogP) is 4.80. The van der Waals surface area contributed by atoms with Gasteiger partial charge in [-0.25, -0.2) is 4.98 Å². The third kappa shape index (κ3) is 3.91. The number of ether oxygens (including phenoxy) is 1. The summed E-state index contributed by atoms with van der Waals surface area (Å²) in [7, 11) is 1.70. The second-order valence-corrected chi connectivity index (χ2v) is 8.86. The maximum Gasteiger partial charge on any atom is 0.310 e. The molecule has 0 N–H and O–H groups in total. The molecule has 1 aromatic carbocycles. The first-order valence-corrected chi connectivity index (χ1v) is 11.3. The monoisotopic (exact) mass is 445 g/mol. The van der Waals surface area contributed by atoms with E-state index in [-0.39, 0.29) is 23.6 Å². The van der Waals surface area contributed by atoms with Crippen LogP contribution < -0.4 is 10.3 Å². The van der Waals surface area contributed by atoms with Crippen molar-refractivity contribution in [2.45, 2.75) is 5.16 Å². The molecule has 0 saturated heterocycles. The van der Waals surface area contributed by atoms with Crippen LogP contribution in [0.1, 0.15) is 0 Å². The molecule has 0 spiro atoms. The predicted molar refractivity (Wildman–Crippen MR) is 117 cm³/mol. The van der Waals surface area contributed by atoms with Gasteiger partial charge in [-0.2, -0.15) is 0 Å². The molecule has 0 bridgehead atoms. The van der Waals surface area contributed by atoms with E-state index in [0.29, 0.717) is 21.1 Å². The minimum absolute atomic E-state index is 0.0656. The van der Waals surface area contributed by atoms with E-state index in [0.717, 1.165) is 10.4 Å². The topological polar surface area (TPSA) is 87.3 Å². The molecule has 3 heterocycles. The Labute approximate surface area is 177 Å². The fourth-order valence-electron chi connectivity index (χ4n) is 2.81. The Hall–Kier alpha value is -2.69. The van der Waals surface area contributed by atoms with Crippen molar-refractivity contribution >= 4 is 50.3 Å². The largest absolute Gasteiger partial charge is 0.486 e. The van der Waals surface area contributed by atoms with Crippen molar-refractivity contribution in [3.63, 3.8) is 0 Å². The van der Waals surface area contributed by atoms with E-state index in [2.05, 4.69) is 4.98 Å². The van der Waals surface area contributed by atoms with Gasteiger partial charge in [-0.15, -0.1) is 22.7 Å². The lowest BCUT2D eigenvalue weighted by Crippen LogP contribution is -2.20. The van der Waals surface area contributed by atoms with Crippen LogP contribution in [0.25, 0.3) is 20.7 Å². The molecular weight excluding hydrogens is 430 g/mol. The number of nitro benzene ring substituents is 1. The molecule has 0 aliphatic carbocycles. The SMILES string of the molecule is Cn1c(SCCOc2ccccc2[N+](=O)[O-])nc2scc(-c3cccs3)c2c1=O. The van der Waals surface area contributed by atoms with Crippen LogP contribution in [-0.2, 0) is 7.05 Å². The molecule has 4 aromatic rings. The molecule has 0 saturated carbocycles. The van der Waals surface area contributed by atoms with Gasteiger partial charge in [0.2, 0.25) is 0 Å². The Balaban J connectivity index is 1.50. The first-order valence-electron chi connectivity index (χ1n) is 8.57. The Kier molecular flexibility index (Phi) is 5.65. The Morgan fingerprint density at radius 3 is 2.83 bits per heavy atom. The third-order valence-corrected chi connectivity index (χ3v) is 6.96. The van der Waals surface area contributed by atoms with Gasteiger partial charge in [-0.3, -0.25) is 19.5 Å². The Bertz CT molecular complexity index is 1230. The normalized spacial score (nSPS) is 11.1. The molecule has 10 heteroatoms. The highest BCUT2D eigenvalue weighted by molar-refractivity contribution is 7.99. The summed E-state index contributed by atoms with van der Waals surface area (Å²) in [5.74, 6) is 0.732. The van der Waals surface area contributed by atoms with Gasteiger partial charge in [-0.05, 0) is 17.5 Å². The molecule has 0 fully saturated rings. The standard InChI is InChI=1S/C19H15N3O4S3/c1-21-18(23)16-12(15-7-4-9-27-15)11-29-17(16)20-19(21)28-10-8-26-14-6-3-2-5-13(14)22(24)25/h2-7,9,11H,8,10H2,1H3. The average molecular weight is 446 g/mol. The summed E-state index contributed by atoms with van der Waals surface area (Å²) in [6, 6.07) is 10.2. The van der Waals surface area contributed by atoms with E-state index in [9.17, 15) is 14.9 Å². The minimum atomic E-state index is -0.469. The molecule has 0 atom stereocenters. The van der Waals surface area contributed by atoms with E-state index in [1.54, 1.807) is 41.2 Å². The van der Waals surface area contributed by atoms with E-state index in [1.165, 1.54) is 29.2 Å². The summed E-state index contributed by atoms with van der Waals surface area (Å²) in [6.07, 6.45) is 0. The second-order valence-electron chi connectivity index (χ2n) is 5.99. The van der Waals surface area contributed by atoms with Crippen LogP contribution in [0.3, 0.4) is 0 Å². The zero-order chi connectivity index (χ0) is 20.4. The fourth-order valence-corrected chi connectivity index (χ4v) is 5.40. The lowest BCUT2D eigenvalue weighted by molar-refractivity contribution is -0.385. The molecule has 0 aliphatic rings. The Morgan fingerprint density at radius 2 is 2.07 bits per heavy atom. The van der Waals surface area contributed by atoms with E-state index in [1.807, 2.05) is 22.9 Å². The van der Waals surface area contributed by atoms with Crippen molar-refractivity contribution in [1.82, 2.24) is 9.55 Å². The van der Waals surface area contributed by atoms with Gasteiger partial charge in [0.25, 0.3) is 5.56 Å². The lowest BCUT2D eigenvalue weighted by Gasteiger charge is -2.09. The summed E-state index contributed by atoms with van der Waals surface area (Å²) in [6.45, 7) is 0.258. The van der Waals surface area contributed by atoms with Crippen LogP contribution in [-0.4, -0.2) is 26.8 Å². The highest BCUT2D eigenvalue weighted by atomic mass is 32.2. The number of para-hydroxylation sites is 2. The molecule has 3 aromatic heterocycles. The van der Waals surface area contributed by atoms with Gasteiger partial charge >= 0.3 is 5.69 Å². The Morgan fingerprint density at radius 1 is 1.24 bits per heavy atom. The highest BCUT2D eigenvalue weighted by Gasteiger charge is 2.17. The molecule has 29 heavy (non-hydrogen) atoms. The van der Waals surface area contributed by atoms with Crippen LogP contribution >= 0.6 is 34.4 Å². The number of fused-ring (bicyclic) bond motifs is 1. The molecule has 0 unspecified atom stereocenters. The van der Waals surface area contributed by atoms with Crippen molar-refractivity contribution in [3.05, 3.63) is 67.6 Å².